The molecule has 122 valence electrons. The summed E-state index contributed by atoms with van der Waals surface area (Å²) in [4.78, 5) is 23.1. The first kappa shape index (κ1) is 18.0. The third-order valence-corrected chi connectivity index (χ3v) is 3.44. The second kappa shape index (κ2) is 8.41. The van der Waals surface area contributed by atoms with Crippen molar-refractivity contribution in [1.29, 1.82) is 0 Å². The Labute approximate surface area is 131 Å². The summed E-state index contributed by atoms with van der Waals surface area (Å²) >= 11 is 0. The van der Waals surface area contributed by atoms with E-state index in [2.05, 4.69) is 5.32 Å². The first-order valence-electron chi connectivity index (χ1n) is 7.61. The number of ether oxygens (including phenoxy) is 1. The van der Waals surface area contributed by atoms with Crippen molar-refractivity contribution in [2.24, 2.45) is 0 Å². The van der Waals surface area contributed by atoms with Crippen LogP contribution in [0.15, 0.2) is 24.3 Å². The number of carboxylic acid groups (broad SMARTS) is 1. The van der Waals surface area contributed by atoms with Gasteiger partial charge >= 0.3 is 5.97 Å². The van der Waals surface area contributed by atoms with E-state index in [0.29, 0.717) is 25.9 Å². The van der Waals surface area contributed by atoms with Crippen LogP contribution in [-0.2, 0) is 9.59 Å². The quantitative estimate of drug-likeness (QED) is 0.688. The maximum Gasteiger partial charge on any atom is 0.329 e. The highest BCUT2D eigenvalue weighted by Crippen LogP contribution is 2.14. The molecular weight excluding hydrogens is 282 g/mol. The van der Waals surface area contributed by atoms with Crippen molar-refractivity contribution < 1.29 is 19.4 Å². The van der Waals surface area contributed by atoms with Gasteiger partial charge in [-0.15, -0.1) is 0 Å². The van der Waals surface area contributed by atoms with E-state index in [4.69, 9.17) is 4.74 Å². The molecule has 0 saturated carbocycles. The van der Waals surface area contributed by atoms with Gasteiger partial charge in [0.05, 0.1) is 6.61 Å². The van der Waals surface area contributed by atoms with Crippen LogP contribution in [0.3, 0.4) is 0 Å². The lowest BCUT2D eigenvalue weighted by molar-refractivity contribution is -0.147. The molecule has 0 spiro atoms. The summed E-state index contributed by atoms with van der Waals surface area (Å²) in [6.45, 7) is 5.85. The topological polar surface area (TPSA) is 75.6 Å². The molecule has 1 atom stereocenters. The van der Waals surface area contributed by atoms with Gasteiger partial charge < -0.3 is 15.2 Å². The van der Waals surface area contributed by atoms with Crippen LogP contribution >= 0.6 is 0 Å². The highest BCUT2D eigenvalue weighted by molar-refractivity contribution is 5.86. The Morgan fingerprint density at radius 3 is 2.68 bits per heavy atom. The number of carbonyl (C=O) groups excluding carboxylic acids is 1. The Morgan fingerprint density at radius 1 is 1.36 bits per heavy atom. The fraction of sp³-hybridized carbons (Fsp3) is 0.529. The van der Waals surface area contributed by atoms with Gasteiger partial charge in [-0.2, -0.15) is 0 Å². The molecule has 0 fully saturated rings. The predicted octanol–water partition coefficient (Wildman–Crippen LogP) is 2.91. The molecular formula is C17H25NO4. The standard InChI is InChI=1S/C17H25NO4/c1-4-10-17(3,16(20)21)18-15(19)9-6-11-22-14-8-5-7-13(2)12-14/h5,7-8,12H,4,6,9-11H2,1-3H3,(H,18,19)(H,20,21). The molecule has 0 aliphatic rings. The molecule has 1 aromatic carbocycles. The van der Waals surface area contributed by atoms with Gasteiger partial charge in [0.25, 0.3) is 0 Å². The molecule has 2 N–H and O–H groups in total. The van der Waals surface area contributed by atoms with Crippen LogP contribution in [0, 0.1) is 6.92 Å². The second-order valence-electron chi connectivity index (χ2n) is 5.70. The zero-order valence-corrected chi connectivity index (χ0v) is 13.5. The van der Waals surface area contributed by atoms with Crippen LogP contribution in [-0.4, -0.2) is 29.1 Å². The van der Waals surface area contributed by atoms with Crippen molar-refractivity contribution in [3.05, 3.63) is 29.8 Å². The number of amides is 1. The molecule has 5 heteroatoms. The number of carbonyl (C=O) groups is 2. The second-order valence-corrected chi connectivity index (χ2v) is 5.70. The lowest BCUT2D eigenvalue weighted by Gasteiger charge is -2.25. The van der Waals surface area contributed by atoms with Crippen LogP contribution in [0.4, 0.5) is 0 Å². The third-order valence-electron chi connectivity index (χ3n) is 3.44. The molecule has 5 nitrogen and oxygen atoms in total. The summed E-state index contributed by atoms with van der Waals surface area (Å²) in [5, 5.41) is 11.8. The van der Waals surface area contributed by atoms with Crippen LogP contribution < -0.4 is 10.1 Å². The zero-order valence-electron chi connectivity index (χ0n) is 13.5. The molecule has 1 amide bonds. The van der Waals surface area contributed by atoms with Crippen molar-refractivity contribution in [2.45, 2.75) is 52.0 Å². The molecule has 0 heterocycles. The number of nitrogens with one attached hydrogen (secondary N) is 1. The van der Waals surface area contributed by atoms with E-state index in [0.717, 1.165) is 11.3 Å². The van der Waals surface area contributed by atoms with Gasteiger partial charge in [0.15, 0.2) is 0 Å². The number of carboxylic acids is 1. The van der Waals surface area contributed by atoms with E-state index in [1.807, 2.05) is 38.1 Å². The Morgan fingerprint density at radius 2 is 2.09 bits per heavy atom. The number of hydrogen-bond acceptors (Lipinski definition) is 3. The first-order chi connectivity index (χ1) is 10.4. The molecule has 0 bridgehead atoms. The third kappa shape index (κ3) is 5.76. The summed E-state index contributed by atoms with van der Waals surface area (Å²) in [5.74, 6) is -0.480. The average molecular weight is 307 g/mol. The molecule has 0 aliphatic heterocycles. The lowest BCUT2D eigenvalue weighted by Crippen LogP contribution is -2.52. The molecule has 0 saturated heterocycles. The molecule has 0 aliphatic carbocycles. The largest absolute Gasteiger partial charge is 0.494 e. The van der Waals surface area contributed by atoms with Crippen molar-refractivity contribution in [3.8, 4) is 5.75 Å². The zero-order chi connectivity index (χ0) is 16.6. The Kier molecular flexibility index (Phi) is 6.89. The Bertz CT molecular complexity index is 515. The maximum absolute atomic E-state index is 11.9. The van der Waals surface area contributed by atoms with Gasteiger partial charge in [-0.05, 0) is 44.4 Å². The van der Waals surface area contributed by atoms with E-state index >= 15 is 0 Å². The van der Waals surface area contributed by atoms with Gasteiger partial charge in [0.2, 0.25) is 5.91 Å². The predicted molar refractivity (Wildman–Crippen MR) is 85.0 cm³/mol. The summed E-state index contributed by atoms with van der Waals surface area (Å²) < 4.78 is 5.57. The smallest absolute Gasteiger partial charge is 0.329 e. The van der Waals surface area contributed by atoms with Gasteiger partial charge in [-0.1, -0.05) is 25.5 Å². The van der Waals surface area contributed by atoms with Gasteiger partial charge in [0, 0.05) is 6.42 Å². The Hall–Kier alpha value is -2.04. The van der Waals surface area contributed by atoms with Gasteiger partial charge in [0.1, 0.15) is 11.3 Å². The number of rotatable bonds is 9. The highest BCUT2D eigenvalue weighted by Gasteiger charge is 2.33. The van der Waals surface area contributed by atoms with Crippen molar-refractivity contribution in [1.82, 2.24) is 5.32 Å². The van der Waals surface area contributed by atoms with E-state index < -0.39 is 11.5 Å². The molecule has 22 heavy (non-hydrogen) atoms. The summed E-state index contributed by atoms with van der Waals surface area (Å²) in [6, 6.07) is 7.71. The molecule has 1 aromatic rings. The van der Waals surface area contributed by atoms with E-state index in [9.17, 15) is 14.7 Å². The van der Waals surface area contributed by atoms with Crippen molar-refractivity contribution in [2.75, 3.05) is 6.61 Å². The molecule has 1 unspecified atom stereocenters. The minimum Gasteiger partial charge on any atom is -0.494 e. The van der Waals surface area contributed by atoms with Crippen molar-refractivity contribution in [3.63, 3.8) is 0 Å². The lowest BCUT2D eigenvalue weighted by atomic mass is 9.96. The van der Waals surface area contributed by atoms with E-state index in [1.165, 1.54) is 0 Å². The van der Waals surface area contributed by atoms with Crippen LogP contribution in [0.1, 0.15) is 45.1 Å². The monoisotopic (exact) mass is 307 g/mol. The minimum atomic E-state index is -1.19. The van der Waals surface area contributed by atoms with Gasteiger partial charge in [-0.25, -0.2) is 4.79 Å². The first-order valence-corrected chi connectivity index (χ1v) is 7.61. The summed E-state index contributed by atoms with van der Waals surface area (Å²) in [7, 11) is 0. The fourth-order valence-corrected chi connectivity index (χ4v) is 2.22. The summed E-state index contributed by atoms with van der Waals surface area (Å²) in [6.07, 6.45) is 1.90. The number of aliphatic carboxylic acids is 1. The van der Waals surface area contributed by atoms with E-state index in [1.54, 1.807) is 6.92 Å². The number of hydrogen-bond donors (Lipinski definition) is 2. The summed E-state index contributed by atoms with van der Waals surface area (Å²) in [5.41, 5.74) is -0.0736. The van der Waals surface area contributed by atoms with Crippen LogP contribution in [0.2, 0.25) is 0 Å². The molecule has 1 rings (SSSR count). The molecule has 0 radical (unpaired) electrons. The number of aryl methyl sites for hydroxylation is 1. The fourth-order valence-electron chi connectivity index (χ4n) is 2.22. The normalized spacial score (nSPS) is 13.2. The average Bonchev–Trinajstić information content (AvgIpc) is 2.43. The van der Waals surface area contributed by atoms with E-state index in [-0.39, 0.29) is 12.3 Å². The molecule has 0 aromatic heterocycles. The Balaban J connectivity index is 2.35. The maximum atomic E-state index is 11.9. The SMILES string of the molecule is CCCC(C)(NC(=O)CCCOc1cccc(C)c1)C(=O)O. The van der Waals surface area contributed by atoms with Crippen molar-refractivity contribution >= 4 is 11.9 Å². The minimum absolute atomic E-state index is 0.248. The van der Waals surface area contributed by atoms with Gasteiger partial charge in [-0.3, -0.25) is 4.79 Å². The highest BCUT2D eigenvalue weighted by atomic mass is 16.5. The number of benzene rings is 1. The van der Waals surface area contributed by atoms with Crippen LogP contribution in [0.5, 0.6) is 5.75 Å². The van der Waals surface area contributed by atoms with Crippen LogP contribution in [0.25, 0.3) is 0 Å².